The number of phosphoric ester groups is 2. The zero-order valence-electron chi connectivity index (χ0n) is 62.3. The molecule has 0 radical (unpaired) electrons. The molecular formula is C76H148O17P2. The van der Waals surface area contributed by atoms with Gasteiger partial charge in [0, 0.05) is 25.7 Å². The second-order valence-corrected chi connectivity index (χ2v) is 31.7. The average molecular weight is 1400 g/mol. The van der Waals surface area contributed by atoms with Gasteiger partial charge in [0.15, 0.2) is 12.2 Å². The molecule has 0 saturated carbocycles. The van der Waals surface area contributed by atoms with Gasteiger partial charge in [-0.3, -0.25) is 37.3 Å². The lowest BCUT2D eigenvalue weighted by Gasteiger charge is -2.21. The second-order valence-electron chi connectivity index (χ2n) is 28.8. The van der Waals surface area contributed by atoms with Crippen LogP contribution in [-0.4, -0.2) is 96.7 Å². The molecule has 3 N–H and O–H groups in total. The van der Waals surface area contributed by atoms with Crippen molar-refractivity contribution in [3.63, 3.8) is 0 Å². The maximum Gasteiger partial charge on any atom is 0.472 e. The minimum Gasteiger partial charge on any atom is -0.462 e. The molecule has 0 spiro atoms. The Labute approximate surface area is 581 Å². The number of carbonyl (C=O) groups is 4. The minimum absolute atomic E-state index is 0.102. The number of carbonyl (C=O) groups excluding carboxylic acids is 4. The molecule has 5 unspecified atom stereocenters. The van der Waals surface area contributed by atoms with E-state index < -0.39 is 97.5 Å². The lowest BCUT2D eigenvalue weighted by Crippen LogP contribution is -2.30. The summed E-state index contributed by atoms with van der Waals surface area (Å²) in [5, 5.41) is 10.6. The highest BCUT2D eigenvalue weighted by molar-refractivity contribution is 7.47. The number of unbranched alkanes of at least 4 members (excludes halogenated alkanes) is 37. The van der Waals surface area contributed by atoms with Gasteiger partial charge in [-0.2, -0.15) is 0 Å². The van der Waals surface area contributed by atoms with E-state index in [9.17, 15) is 43.2 Å². The van der Waals surface area contributed by atoms with Gasteiger partial charge in [0.25, 0.3) is 0 Å². The molecule has 0 aliphatic rings. The summed E-state index contributed by atoms with van der Waals surface area (Å²) < 4.78 is 68.4. The van der Waals surface area contributed by atoms with E-state index in [-0.39, 0.29) is 25.7 Å². The molecule has 0 aromatic heterocycles. The van der Waals surface area contributed by atoms with Gasteiger partial charge in [0.05, 0.1) is 26.4 Å². The molecule has 19 heteroatoms. The van der Waals surface area contributed by atoms with Gasteiger partial charge in [0.1, 0.15) is 19.3 Å². The Hall–Kier alpha value is -1.94. The van der Waals surface area contributed by atoms with E-state index in [0.29, 0.717) is 31.6 Å². The maximum absolute atomic E-state index is 13.1. The average Bonchev–Trinajstić information content (AvgIpc) is 2.38. The summed E-state index contributed by atoms with van der Waals surface area (Å²) in [7, 11) is -9.91. The van der Waals surface area contributed by atoms with Crippen LogP contribution in [-0.2, 0) is 65.4 Å². The first kappa shape index (κ1) is 93.1. The quantitative estimate of drug-likeness (QED) is 0.0222. The Morgan fingerprint density at radius 2 is 0.505 bits per heavy atom. The molecule has 0 aromatic carbocycles. The van der Waals surface area contributed by atoms with Crippen molar-refractivity contribution in [2.75, 3.05) is 39.6 Å². The highest BCUT2D eigenvalue weighted by atomic mass is 31.2. The van der Waals surface area contributed by atoms with Crippen molar-refractivity contribution in [2.45, 2.75) is 401 Å². The predicted octanol–water partition coefficient (Wildman–Crippen LogP) is 22.0. The lowest BCUT2D eigenvalue weighted by molar-refractivity contribution is -0.161. The van der Waals surface area contributed by atoms with Crippen molar-refractivity contribution in [1.29, 1.82) is 0 Å². The van der Waals surface area contributed by atoms with Crippen LogP contribution < -0.4 is 0 Å². The highest BCUT2D eigenvalue weighted by Crippen LogP contribution is 2.45. The summed E-state index contributed by atoms with van der Waals surface area (Å²) in [6, 6.07) is 0. The van der Waals surface area contributed by atoms with Crippen LogP contribution in [0.3, 0.4) is 0 Å². The summed E-state index contributed by atoms with van der Waals surface area (Å²) in [6.45, 7) is 14.2. The summed E-state index contributed by atoms with van der Waals surface area (Å²) >= 11 is 0. The van der Waals surface area contributed by atoms with E-state index in [4.69, 9.17) is 37.0 Å². The van der Waals surface area contributed by atoms with Crippen LogP contribution in [0.1, 0.15) is 383 Å². The molecule has 0 heterocycles. The van der Waals surface area contributed by atoms with Crippen LogP contribution in [0.4, 0.5) is 0 Å². The number of hydrogen-bond donors (Lipinski definition) is 3. The van der Waals surface area contributed by atoms with E-state index in [0.717, 1.165) is 114 Å². The summed E-state index contributed by atoms with van der Waals surface area (Å²) in [5.74, 6) is 0.929. The van der Waals surface area contributed by atoms with Crippen molar-refractivity contribution in [2.24, 2.45) is 23.7 Å². The Kier molecular flexibility index (Phi) is 64.0. The largest absolute Gasteiger partial charge is 0.472 e. The Balaban J connectivity index is 5.16. The smallest absolute Gasteiger partial charge is 0.462 e. The molecule has 0 saturated heterocycles. The van der Waals surface area contributed by atoms with Crippen molar-refractivity contribution in [1.82, 2.24) is 0 Å². The molecule has 0 aliphatic carbocycles. The number of aliphatic hydroxyl groups is 1. The zero-order chi connectivity index (χ0) is 70.3. The lowest BCUT2D eigenvalue weighted by atomic mass is 9.99. The standard InChI is InChI=1S/C76H148O17P2/c1-9-68(7)54-46-38-30-24-19-17-15-13-11-12-14-16-18-20-26-32-42-50-58-75(80)92-71(62-87-74(79)57-49-41-33-27-29-37-45-53-67(5)6)64-90-94(82,83)88-60-70(77)61-89-95(84,85)91-65-72(93-76(81)59-51-43-35-34-39-47-55-69(8)10-2)63-86-73(78)56-48-40-31-25-22-21-23-28-36-44-52-66(3)4/h66-72,77H,9-65H2,1-8H3,(H,82,83)(H,84,85)/t68?,69?,70?,71-,72-/m1/s1. The predicted molar refractivity (Wildman–Crippen MR) is 386 cm³/mol. The Morgan fingerprint density at radius 1 is 0.295 bits per heavy atom. The fourth-order valence-electron chi connectivity index (χ4n) is 11.5. The Bertz CT molecular complexity index is 1870. The first-order valence-corrected chi connectivity index (χ1v) is 42.3. The van der Waals surface area contributed by atoms with Crippen molar-refractivity contribution < 1.29 is 80.2 Å². The fraction of sp³-hybridized carbons (Fsp3) is 0.947. The molecule has 0 aromatic rings. The molecule has 0 bridgehead atoms. The van der Waals surface area contributed by atoms with Gasteiger partial charge in [-0.05, 0) is 49.4 Å². The molecule has 0 rings (SSSR count). The molecular weight excluding hydrogens is 1250 g/mol. The normalized spacial score (nSPS) is 14.7. The number of hydrogen-bond acceptors (Lipinski definition) is 15. The van der Waals surface area contributed by atoms with Crippen LogP contribution in [0.5, 0.6) is 0 Å². The zero-order valence-corrected chi connectivity index (χ0v) is 64.1. The van der Waals surface area contributed by atoms with Crippen LogP contribution in [0, 0.1) is 23.7 Å². The number of aliphatic hydroxyl groups excluding tert-OH is 1. The molecule has 564 valence electrons. The minimum atomic E-state index is -4.96. The van der Waals surface area contributed by atoms with E-state index in [1.165, 1.54) is 180 Å². The molecule has 95 heavy (non-hydrogen) atoms. The van der Waals surface area contributed by atoms with Crippen molar-refractivity contribution >= 4 is 39.5 Å². The SMILES string of the molecule is CCC(C)CCCCCCCCCCCCCCCCCCCCC(=O)O[C@H](COC(=O)CCCCCCCCCC(C)C)COP(=O)(O)OCC(O)COP(=O)(O)OC[C@@H](COC(=O)CCCCCCCCCCCCC(C)C)OC(=O)CCCCCCCCC(C)CC. The van der Waals surface area contributed by atoms with E-state index in [1.807, 2.05) is 0 Å². The molecule has 0 amide bonds. The highest BCUT2D eigenvalue weighted by Gasteiger charge is 2.30. The second kappa shape index (κ2) is 65.4. The number of phosphoric acid groups is 2. The fourth-order valence-corrected chi connectivity index (χ4v) is 13.1. The summed E-state index contributed by atoms with van der Waals surface area (Å²) in [4.78, 5) is 72.7. The first-order valence-electron chi connectivity index (χ1n) is 39.3. The van der Waals surface area contributed by atoms with Gasteiger partial charge in [-0.25, -0.2) is 9.13 Å². The summed E-state index contributed by atoms with van der Waals surface area (Å²) in [5.41, 5.74) is 0. The summed E-state index contributed by atoms with van der Waals surface area (Å²) in [6.07, 6.45) is 50.2. The van der Waals surface area contributed by atoms with Gasteiger partial charge < -0.3 is 33.8 Å². The third-order valence-corrected chi connectivity index (χ3v) is 20.2. The van der Waals surface area contributed by atoms with Gasteiger partial charge in [-0.1, -0.05) is 331 Å². The van der Waals surface area contributed by atoms with Crippen molar-refractivity contribution in [3.05, 3.63) is 0 Å². The van der Waals surface area contributed by atoms with Crippen LogP contribution in [0.25, 0.3) is 0 Å². The molecule has 17 nitrogen and oxygen atoms in total. The first-order chi connectivity index (χ1) is 45.7. The third kappa shape index (κ3) is 67.6. The van der Waals surface area contributed by atoms with Gasteiger partial charge in [-0.15, -0.1) is 0 Å². The Morgan fingerprint density at radius 3 is 0.747 bits per heavy atom. The van der Waals surface area contributed by atoms with Crippen LogP contribution in [0.15, 0.2) is 0 Å². The van der Waals surface area contributed by atoms with Crippen molar-refractivity contribution in [3.8, 4) is 0 Å². The molecule has 7 atom stereocenters. The monoisotopic (exact) mass is 1400 g/mol. The van der Waals surface area contributed by atoms with Crippen LogP contribution in [0.2, 0.25) is 0 Å². The molecule has 0 aliphatic heterocycles. The van der Waals surface area contributed by atoms with Crippen LogP contribution >= 0.6 is 15.6 Å². The van der Waals surface area contributed by atoms with E-state index >= 15 is 0 Å². The van der Waals surface area contributed by atoms with Gasteiger partial charge >= 0.3 is 39.5 Å². The third-order valence-electron chi connectivity index (χ3n) is 18.3. The van der Waals surface area contributed by atoms with E-state index in [2.05, 4.69) is 55.4 Å². The number of rotatable bonds is 73. The maximum atomic E-state index is 13.1. The van der Waals surface area contributed by atoms with E-state index in [1.54, 1.807) is 0 Å². The number of esters is 4. The van der Waals surface area contributed by atoms with Gasteiger partial charge in [0.2, 0.25) is 0 Å². The number of ether oxygens (including phenoxy) is 4. The topological polar surface area (TPSA) is 237 Å². The molecule has 0 fully saturated rings.